The van der Waals surface area contributed by atoms with Crippen molar-refractivity contribution >= 4 is 11.8 Å². The molecule has 19 heavy (non-hydrogen) atoms. The molecule has 1 aromatic carbocycles. The SMILES string of the molecule is COc1cccc(NC(=O)OC2CCCCC2C)c1. The van der Waals surface area contributed by atoms with Crippen molar-refractivity contribution in [1.29, 1.82) is 0 Å². The molecule has 0 radical (unpaired) electrons. The molecule has 2 atom stereocenters. The number of benzene rings is 1. The first kappa shape index (κ1) is 13.7. The molecule has 1 aromatic rings. The number of anilines is 1. The summed E-state index contributed by atoms with van der Waals surface area (Å²) in [7, 11) is 1.60. The van der Waals surface area contributed by atoms with Crippen LogP contribution >= 0.6 is 0 Å². The smallest absolute Gasteiger partial charge is 0.411 e. The van der Waals surface area contributed by atoms with Crippen LogP contribution in [0.2, 0.25) is 0 Å². The minimum Gasteiger partial charge on any atom is -0.497 e. The Labute approximate surface area is 114 Å². The highest BCUT2D eigenvalue weighted by Crippen LogP contribution is 2.26. The fraction of sp³-hybridized carbons (Fsp3) is 0.533. The lowest BCUT2D eigenvalue weighted by atomic mass is 9.88. The van der Waals surface area contributed by atoms with Crippen molar-refractivity contribution in [2.24, 2.45) is 5.92 Å². The predicted octanol–water partition coefficient (Wildman–Crippen LogP) is 3.82. The zero-order valence-corrected chi connectivity index (χ0v) is 11.5. The van der Waals surface area contributed by atoms with Crippen molar-refractivity contribution in [3.63, 3.8) is 0 Å². The lowest BCUT2D eigenvalue weighted by molar-refractivity contribution is 0.0524. The monoisotopic (exact) mass is 263 g/mol. The van der Waals surface area contributed by atoms with Crippen molar-refractivity contribution in [3.05, 3.63) is 24.3 Å². The van der Waals surface area contributed by atoms with Crippen LogP contribution in [-0.2, 0) is 4.74 Å². The molecule has 1 fully saturated rings. The van der Waals surface area contributed by atoms with E-state index >= 15 is 0 Å². The summed E-state index contributed by atoms with van der Waals surface area (Å²) >= 11 is 0. The number of rotatable bonds is 3. The minimum absolute atomic E-state index is 0.0411. The zero-order chi connectivity index (χ0) is 13.7. The highest BCUT2D eigenvalue weighted by atomic mass is 16.6. The number of carbonyl (C=O) groups is 1. The first-order valence-electron chi connectivity index (χ1n) is 6.80. The molecule has 1 amide bonds. The van der Waals surface area contributed by atoms with Gasteiger partial charge in [0.1, 0.15) is 11.9 Å². The quantitative estimate of drug-likeness (QED) is 0.901. The lowest BCUT2D eigenvalue weighted by Gasteiger charge is -2.28. The van der Waals surface area contributed by atoms with Crippen LogP contribution in [0.5, 0.6) is 5.75 Å². The van der Waals surface area contributed by atoms with Gasteiger partial charge >= 0.3 is 6.09 Å². The van der Waals surface area contributed by atoms with E-state index in [1.807, 2.05) is 18.2 Å². The highest BCUT2D eigenvalue weighted by Gasteiger charge is 2.24. The molecule has 1 N–H and O–H groups in total. The molecule has 0 aliphatic heterocycles. The van der Waals surface area contributed by atoms with Gasteiger partial charge in [0.05, 0.1) is 7.11 Å². The van der Waals surface area contributed by atoms with Gasteiger partial charge in [-0.3, -0.25) is 5.32 Å². The Morgan fingerprint density at radius 2 is 2.11 bits per heavy atom. The Kier molecular flexibility index (Phi) is 4.66. The van der Waals surface area contributed by atoms with E-state index in [-0.39, 0.29) is 12.2 Å². The second kappa shape index (κ2) is 6.45. The Bertz CT molecular complexity index is 433. The molecule has 0 bridgehead atoms. The van der Waals surface area contributed by atoms with Crippen LogP contribution in [0.15, 0.2) is 24.3 Å². The molecule has 4 heteroatoms. The van der Waals surface area contributed by atoms with Crippen molar-refractivity contribution < 1.29 is 14.3 Å². The fourth-order valence-electron chi connectivity index (χ4n) is 2.44. The van der Waals surface area contributed by atoms with Crippen LogP contribution in [0.1, 0.15) is 32.6 Å². The average Bonchev–Trinajstić information content (AvgIpc) is 2.41. The largest absolute Gasteiger partial charge is 0.497 e. The molecule has 1 saturated carbocycles. The van der Waals surface area contributed by atoms with E-state index in [0.717, 1.165) is 19.3 Å². The van der Waals surface area contributed by atoms with Gasteiger partial charge in [-0.15, -0.1) is 0 Å². The number of amides is 1. The Hall–Kier alpha value is -1.71. The summed E-state index contributed by atoms with van der Waals surface area (Å²) in [6.07, 6.45) is 4.13. The standard InChI is InChI=1S/C15H21NO3/c1-11-6-3-4-9-14(11)19-15(17)16-12-7-5-8-13(10-12)18-2/h5,7-8,10-11,14H,3-4,6,9H2,1-2H3,(H,16,17). The van der Waals surface area contributed by atoms with E-state index in [2.05, 4.69) is 12.2 Å². The van der Waals surface area contributed by atoms with Crippen LogP contribution < -0.4 is 10.1 Å². The third kappa shape index (κ3) is 3.88. The lowest BCUT2D eigenvalue weighted by Crippen LogP contribution is -2.30. The second-order valence-corrected chi connectivity index (χ2v) is 5.06. The van der Waals surface area contributed by atoms with E-state index in [1.165, 1.54) is 6.42 Å². The Balaban J connectivity index is 1.89. The molecule has 1 aliphatic carbocycles. The van der Waals surface area contributed by atoms with Crippen molar-refractivity contribution in [3.8, 4) is 5.75 Å². The Morgan fingerprint density at radius 3 is 2.84 bits per heavy atom. The molecule has 0 aromatic heterocycles. The van der Waals surface area contributed by atoms with Gasteiger partial charge in [0.15, 0.2) is 0 Å². The topological polar surface area (TPSA) is 47.6 Å². The van der Waals surface area contributed by atoms with Gasteiger partial charge in [-0.05, 0) is 37.3 Å². The van der Waals surface area contributed by atoms with Crippen LogP contribution in [0.25, 0.3) is 0 Å². The summed E-state index contributed by atoms with van der Waals surface area (Å²) in [6.45, 7) is 2.14. The van der Waals surface area contributed by atoms with Crippen LogP contribution in [-0.4, -0.2) is 19.3 Å². The van der Waals surface area contributed by atoms with Crippen molar-refractivity contribution in [2.45, 2.75) is 38.7 Å². The average molecular weight is 263 g/mol. The van der Waals surface area contributed by atoms with E-state index in [9.17, 15) is 4.79 Å². The number of hydrogen-bond donors (Lipinski definition) is 1. The predicted molar refractivity (Wildman–Crippen MR) is 74.5 cm³/mol. The number of methoxy groups -OCH3 is 1. The number of nitrogens with one attached hydrogen (secondary N) is 1. The zero-order valence-electron chi connectivity index (χ0n) is 11.5. The van der Waals surface area contributed by atoms with Gasteiger partial charge in [0.2, 0.25) is 0 Å². The molecule has 2 rings (SSSR count). The third-order valence-electron chi connectivity index (χ3n) is 3.61. The van der Waals surface area contributed by atoms with Gasteiger partial charge in [0.25, 0.3) is 0 Å². The summed E-state index contributed by atoms with van der Waals surface area (Å²) in [5, 5.41) is 2.74. The highest BCUT2D eigenvalue weighted by molar-refractivity contribution is 5.84. The number of ether oxygens (including phenoxy) is 2. The maximum absolute atomic E-state index is 11.9. The molecule has 104 valence electrons. The Morgan fingerprint density at radius 1 is 1.32 bits per heavy atom. The maximum Gasteiger partial charge on any atom is 0.411 e. The maximum atomic E-state index is 11.9. The summed E-state index contributed by atoms with van der Waals surface area (Å²) in [5.74, 6) is 1.16. The fourth-order valence-corrected chi connectivity index (χ4v) is 2.44. The van der Waals surface area contributed by atoms with Crippen molar-refractivity contribution in [1.82, 2.24) is 0 Å². The van der Waals surface area contributed by atoms with E-state index in [4.69, 9.17) is 9.47 Å². The number of carbonyl (C=O) groups excluding carboxylic acids is 1. The normalized spacial score (nSPS) is 22.6. The molecule has 2 unspecified atom stereocenters. The van der Waals surface area contributed by atoms with Crippen LogP contribution in [0.3, 0.4) is 0 Å². The summed E-state index contributed by atoms with van der Waals surface area (Å²) in [6, 6.07) is 7.25. The van der Waals surface area contributed by atoms with Gasteiger partial charge in [-0.2, -0.15) is 0 Å². The van der Waals surface area contributed by atoms with Crippen LogP contribution in [0, 0.1) is 5.92 Å². The van der Waals surface area contributed by atoms with Gasteiger partial charge in [0, 0.05) is 11.8 Å². The minimum atomic E-state index is -0.382. The summed E-state index contributed by atoms with van der Waals surface area (Å²) in [5.41, 5.74) is 0.688. The molecular weight excluding hydrogens is 242 g/mol. The van der Waals surface area contributed by atoms with E-state index in [1.54, 1.807) is 13.2 Å². The van der Waals surface area contributed by atoms with Crippen molar-refractivity contribution in [2.75, 3.05) is 12.4 Å². The van der Waals surface area contributed by atoms with Crippen LogP contribution in [0.4, 0.5) is 10.5 Å². The summed E-state index contributed by atoms with van der Waals surface area (Å²) < 4.78 is 10.6. The molecule has 0 spiro atoms. The molecule has 0 saturated heterocycles. The molecule has 0 heterocycles. The second-order valence-electron chi connectivity index (χ2n) is 5.06. The van der Waals surface area contributed by atoms with Gasteiger partial charge in [-0.25, -0.2) is 4.79 Å². The van der Waals surface area contributed by atoms with Gasteiger partial charge < -0.3 is 9.47 Å². The number of hydrogen-bond acceptors (Lipinski definition) is 3. The molecule has 4 nitrogen and oxygen atoms in total. The molecule has 1 aliphatic rings. The third-order valence-corrected chi connectivity index (χ3v) is 3.61. The van der Waals surface area contributed by atoms with E-state index in [0.29, 0.717) is 17.4 Å². The first-order chi connectivity index (χ1) is 9.19. The molecular formula is C15H21NO3. The first-order valence-corrected chi connectivity index (χ1v) is 6.80. The van der Waals surface area contributed by atoms with Gasteiger partial charge in [-0.1, -0.05) is 19.4 Å². The summed E-state index contributed by atoms with van der Waals surface area (Å²) in [4.78, 5) is 11.9. The van der Waals surface area contributed by atoms with E-state index < -0.39 is 0 Å².